The van der Waals surface area contributed by atoms with Crippen LogP contribution in [0.4, 0.5) is 0 Å². The molecule has 0 N–H and O–H groups in total. The average Bonchev–Trinajstić information content (AvgIpc) is 2.83. The molecule has 104 valence electrons. The van der Waals surface area contributed by atoms with Gasteiger partial charge < -0.3 is 9.64 Å². The highest BCUT2D eigenvalue weighted by molar-refractivity contribution is 5.83. The third-order valence-electron chi connectivity index (χ3n) is 5.98. The molecule has 2 aliphatic heterocycles. The van der Waals surface area contributed by atoms with Crippen molar-refractivity contribution >= 4 is 5.91 Å². The number of benzene rings is 1. The van der Waals surface area contributed by atoms with Gasteiger partial charge in [-0.05, 0) is 37.0 Å². The van der Waals surface area contributed by atoms with Crippen LogP contribution in [0.5, 0.6) is 0 Å². The van der Waals surface area contributed by atoms with E-state index in [-0.39, 0.29) is 12.1 Å². The topological polar surface area (TPSA) is 29.5 Å². The van der Waals surface area contributed by atoms with Crippen molar-refractivity contribution in [3.8, 4) is 0 Å². The Morgan fingerprint density at radius 2 is 1.95 bits per heavy atom. The van der Waals surface area contributed by atoms with Gasteiger partial charge in [-0.1, -0.05) is 30.3 Å². The third-order valence-corrected chi connectivity index (χ3v) is 5.98. The van der Waals surface area contributed by atoms with Crippen molar-refractivity contribution in [3.63, 3.8) is 0 Å². The van der Waals surface area contributed by atoms with Crippen molar-refractivity contribution in [2.75, 3.05) is 6.61 Å². The molecule has 4 aliphatic rings. The molecular weight excluding hydrogens is 250 g/mol. The monoisotopic (exact) mass is 269 g/mol. The maximum Gasteiger partial charge on any atom is 0.228 e. The Hall–Kier alpha value is -1.35. The number of fused-ring (bicyclic) bond motifs is 3. The van der Waals surface area contributed by atoms with Gasteiger partial charge >= 0.3 is 0 Å². The van der Waals surface area contributed by atoms with Crippen LogP contribution >= 0.6 is 0 Å². The standard InChI is InChI=1S/C17H19NO2/c19-15-13-9-17(6-7-17)8-12(13)14-10-20-16(18(14)15)11-4-2-1-3-5-11/h1-5,12-14,16H,6-10H2/t12-,13?,14+,16-/m0/s1. The molecule has 4 atom stereocenters. The summed E-state index contributed by atoms with van der Waals surface area (Å²) in [5.74, 6) is 1.20. The lowest BCUT2D eigenvalue weighted by Crippen LogP contribution is -2.34. The predicted octanol–water partition coefficient (Wildman–Crippen LogP) is 2.73. The van der Waals surface area contributed by atoms with E-state index in [1.54, 1.807) is 0 Å². The molecule has 3 heteroatoms. The van der Waals surface area contributed by atoms with E-state index in [2.05, 4.69) is 17.0 Å². The highest BCUT2D eigenvalue weighted by Crippen LogP contribution is 2.65. The van der Waals surface area contributed by atoms with E-state index < -0.39 is 0 Å². The maximum absolute atomic E-state index is 12.8. The van der Waals surface area contributed by atoms with Crippen molar-refractivity contribution in [3.05, 3.63) is 35.9 Å². The van der Waals surface area contributed by atoms with Gasteiger partial charge in [-0.15, -0.1) is 0 Å². The van der Waals surface area contributed by atoms with Gasteiger partial charge in [-0.25, -0.2) is 0 Å². The van der Waals surface area contributed by atoms with E-state index in [4.69, 9.17) is 4.74 Å². The predicted molar refractivity (Wildman–Crippen MR) is 73.7 cm³/mol. The number of carbonyl (C=O) groups excluding carboxylic acids is 1. The van der Waals surface area contributed by atoms with Crippen molar-refractivity contribution in [2.45, 2.75) is 38.0 Å². The lowest BCUT2D eigenvalue weighted by atomic mass is 9.94. The second-order valence-corrected chi connectivity index (χ2v) is 7.09. The molecule has 1 aromatic carbocycles. The normalized spacial score (nSPS) is 40.2. The molecular formula is C17H19NO2. The van der Waals surface area contributed by atoms with Gasteiger partial charge in [0.05, 0.1) is 12.6 Å². The number of hydrogen-bond acceptors (Lipinski definition) is 2. The Labute approximate surface area is 118 Å². The summed E-state index contributed by atoms with van der Waals surface area (Å²) in [6, 6.07) is 10.5. The zero-order valence-corrected chi connectivity index (χ0v) is 11.5. The van der Waals surface area contributed by atoms with E-state index in [1.807, 2.05) is 18.2 Å². The first-order valence-electron chi connectivity index (χ1n) is 7.76. The summed E-state index contributed by atoms with van der Waals surface area (Å²) < 4.78 is 5.98. The lowest BCUT2D eigenvalue weighted by molar-refractivity contribution is -0.137. The van der Waals surface area contributed by atoms with E-state index >= 15 is 0 Å². The number of amides is 1. The van der Waals surface area contributed by atoms with Gasteiger partial charge in [0.15, 0.2) is 6.23 Å². The first-order valence-corrected chi connectivity index (χ1v) is 7.76. The molecule has 1 unspecified atom stereocenters. The van der Waals surface area contributed by atoms with Crippen LogP contribution in [0, 0.1) is 17.3 Å². The fourth-order valence-corrected chi connectivity index (χ4v) is 4.80. The molecule has 1 aromatic rings. The number of rotatable bonds is 1. The van der Waals surface area contributed by atoms with Gasteiger partial charge in [-0.3, -0.25) is 4.79 Å². The fourth-order valence-electron chi connectivity index (χ4n) is 4.80. The lowest BCUT2D eigenvalue weighted by Gasteiger charge is -2.25. The summed E-state index contributed by atoms with van der Waals surface area (Å²) in [7, 11) is 0. The Kier molecular flexibility index (Phi) is 2.06. The first-order chi connectivity index (χ1) is 9.77. The van der Waals surface area contributed by atoms with Crippen molar-refractivity contribution in [1.29, 1.82) is 0 Å². The fraction of sp³-hybridized carbons (Fsp3) is 0.588. The number of carbonyl (C=O) groups is 1. The van der Waals surface area contributed by atoms with Crippen molar-refractivity contribution in [2.24, 2.45) is 17.3 Å². The Morgan fingerprint density at radius 1 is 1.15 bits per heavy atom. The highest BCUT2D eigenvalue weighted by atomic mass is 16.5. The van der Waals surface area contributed by atoms with Gasteiger partial charge in [0.1, 0.15) is 0 Å². The molecule has 2 saturated carbocycles. The summed E-state index contributed by atoms with van der Waals surface area (Å²) in [6.07, 6.45) is 4.96. The minimum atomic E-state index is -0.144. The second-order valence-electron chi connectivity index (χ2n) is 7.09. The van der Waals surface area contributed by atoms with Crippen LogP contribution in [-0.2, 0) is 9.53 Å². The molecule has 0 aromatic heterocycles. The molecule has 5 rings (SSSR count). The van der Waals surface area contributed by atoms with Crippen molar-refractivity contribution in [1.82, 2.24) is 4.90 Å². The largest absolute Gasteiger partial charge is 0.352 e. The van der Waals surface area contributed by atoms with Crippen LogP contribution in [0.25, 0.3) is 0 Å². The number of hydrogen-bond donors (Lipinski definition) is 0. The minimum absolute atomic E-state index is 0.144. The molecule has 0 radical (unpaired) electrons. The van der Waals surface area contributed by atoms with E-state index in [1.165, 1.54) is 19.3 Å². The van der Waals surface area contributed by atoms with E-state index in [0.29, 0.717) is 23.3 Å². The highest BCUT2D eigenvalue weighted by Gasteiger charge is 2.63. The molecule has 3 nitrogen and oxygen atoms in total. The van der Waals surface area contributed by atoms with Crippen LogP contribution in [0.15, 0.2) is 30.3 Å². The first kappa shape index (κ1) is 11.3. The van der Waals surface area contributed by atoms with Gasteiger partial charge in [0.2, 0.25) is 5.91 Å². The molecule has 0 bridgehead atoms. The summed E-state index contributed by atoms with van der Waals surface area (Å²) in [6.45, 7) is 0.725. The quantitative estimate of drug-likeness (QED) is 0.784. The molecule has 4 fully saturated rings. The minimum Gasteiger partial charge on any atom is -0.352 e. The van der Waals surface area contributed by atoms with Gasteiger partial charge in [0, 0.05) is 11.5 Å². The molecule has 1 spiro atoms. The molecule has 2 heterocycles. The number of ether oxygens (including phenoxy) is 1. The molecule has 1 amide bonds. The summed E-state index contributed by atoms with van der Waals surface area (Å²) in [5, 5.41) is 0. The smallest absolute Gasteiger partial charge is 0.228 e. The average molecular weight is 269 g/mol. The zero-order valence-electron chi connectivity index (χ0n) is 11.5. The summed E-state index contributed by atoms with van der Waals surface area (Å²) >= 11 is 0. The van der Waals surface area contributed by atoms with Gasteiger partial charge in [0.25, 0.3) is 0 Å². The van der Waals surface area contributed by atoms with Gasteiger partial charge in [-0.2, -0.15) is 0 Å². The van der Waals surface area contributed by atoms with E-state index in [9.17, 15) is 4.79 Å². The van der Waals surface area contributed by atoms with Crippen LogP contribution in [-0.4, -0.2) is 23.5 Å². The third kappa shape index (κ3) is 1.37. The Bertz CT molecular complexity index is 566. The Balaban J connectivity index is 1.47. The summed E-state index contributed by atoms with van der Waals surface area (Å²) in [5.41, 5.74) is 1.67. The van der Waals surface area contributed by atoms with Crippen molar-refractivity contribution < 1.29 is 9.53 Å². The maximum atomic E-state index is 12.8. The van der Waals surface area contributed by atoms with E-state index in [0.717, 1.165) is 18.6 Å². The van der Waals surface area contributed by atoms with Crippen LogP contribution in [0.1, 0.15) is 37.5 Å². The summed E-state index contributed by atoms with van der Waals surface area (Å²) in [4.78, 5) is 14.9. The molecule has 2 aliphatic carbocycles. The zero-order chi connectivity index (χ0) is 13.3. The molecule has 20 heavy (non-hydrogen) atoms. The van der Waals surface area contributed by atoms with Crippen LogP contribution in [0.2, 0.25) is 0 Å². The van der Waals surface area contributed by atoms with Crippen LogP contribution in [0.3, 0.4) is 0 Å². The SMILES string of the molecule is O=C1C2CC3(CC3)C[C@@H]2[C@H]2CO[C@@H](c3ccccc3)N12. The molecule has 2 saturated heterocycles. The second kappa shape index (κ2) is 3.64. The van der Waals surface area contributed by atoms with Crippen LogP contribution < -0.4 is 0 Å². The Morgan fingerprint density at radius 3 is 2.70 bits per heavy atom. The number of nitrogens with zero attached hydrogens (tertiary/aromatic N) is 1.